The number of carboxylic acid groups (broad SMARTS) is 1. The van der Waals surface area contributed by atoms with Crippen LogP contribution in [0.1, 0.15) is 10.4 Å². The Morgan fingerprint density at radius 2 is 1.67 bits per heavy atom. The van der Waals surface area contributed by atoms with E-state index >= 15 is 0 Å². The fourth-order valence-electron chi connectivity index (χ4n) is 2.05. The van der Waals surface area contributed by atoms with Gasteiger partial charge >= 0.3 is 5.97 Å². The summed E-state index contributed by atoms with van der Waals surface area (Å²) in [5, 5.41) is 14.7. The highest BCUT2D eigenvalue weighted by atomic mass is 79.9. The molecule has 0 fully saturated rings. The van der Waals surface area contributed by atoms with E-state index in [1.807, 2.05) is 0 Å². The highest BCUT2D eigenvalue weighted by Gasteiger charge is 2.09. The maximum atomic E-state index is 13.3. The Hall–Kier alpha value is -2.78. The number of hydrogen-bond acceptors (Lipinski definition) is 5. The highest BCUT2D eigenvalue weighted by molar-refractivity contribution is 9.10. The lowest BCUT2D eigenvalue weighted by Crippen LogP contribution is -2.02. The average Bonchev–Trinajstić information content (AvgIpc) is 2.61. The molecule has 0 spiro atoms. The first kappa shape index (κ1) is 20.5. The van der Waals surface area contributed by atoms with E-state index in [4.69, 9.17) is 5.11 Å². The van der Waals surface area contributed by atoms with Crippen molar-refractivity contribution in [3.8, 4) is 0 Å². The Labute approximate surface area is 167 Å². The van der Waals surface area contributed by atoms with Gasteiger partial charge in [-0.2, -0.15) is 4.98 Å². The number of carbonyl (C=O) groups is 1. The van der Waals surface area contributed by atoms with Crippen molar-refractivity contribution >= 4 is 57.4 Å². The first-order valence-corrected chi connectivity index (χ1v) is 8.06. The van der Waals surface area contributed by atoms with Gasteiger partial charge in [-0.1, -0.05) is 0 Å². The summed E-state index contributed by atoms with van der Waals surface area (Å²) in [5.74, 6) is -2.35. The van der Waals surface area contributed by atoms with Gasteiger partial charge in [-0.15, -0.1) is 12.4 Å². The minimum atomic E-state index is -1.02. The van der Waals surface area contributed by atoms with Crippen LogP contribution in [0.3, 0.4) is 0 Å². The van der Waals surface area contributed by atoms with Crippen molar-refractivity contribution in [1.29, 1.82) is 0 Å². The van der Waals surface area contributed by atoms with Crippen LogP contribution in [-0.4, -0.2) is 21.0 Å². The number of aromatic nitrogens is 2. The molecule has 0 aliphatic carbocycles. The second-order valence-electron chi connectivity index (χ2n) is 5.15. The lowest BCUT2D eigenvalue weighted by Gasteiger charge is -2.10. The third-order valence-electron chi connectivity index (χ3n) is 3.31. The Kier molecular flexibility index (Phi) is 6.65. The van der Waals surface area contributed by atoms with E-state index in [2.05, 4.69) is 36.5 Å². The van der Waals surface area contributed by atoms with Gasteiger partial charge in [0.2, 0.25) is 5.95 Å². The summed E-state index contributed by atoms with van der Waals surface area (Å²) in [6, 6.07) is 9.46. The monoisotopic (exact) mass is 456 g/mol. The number of nitrogens with zero attached hydrogens (tertiary/aromatic N) is 2. The van der Waals surface area contributed by atoms with Crippen LogP contribution < -0.4 is 10.6 Å². The normalized spacial score (nSPS) is 10.0. The number of nitrogens with one attached hydrogen (secondary N) is 2. The molecule has 0 aliphatic rings. The summed E-state index contributed by atoms with van der Waals surface area (Å²) in [6.07, 6.45) is 1.49. The molecule has 0 aliphatic heterocycles. The van der Waals surface area contributed by atoms with E-state index < -0.39 is 17.6 Å². The Morgan fingerprint density at radius 3 is 2.30 bits per heavy atom. The minimum Gasteiger partial charge on any atom is -0.478 e. The molecule has 10 heteroatoms. The van der Waals surface area contributed by atoms with Crippen molar-refractivity contribution in [3.05, 3.63) is 70.3 Å². The van der Waals surface area contributed by atoms with Gasteiger partial charge in [-0.25, -0.2) is 18.6 Å². The largest absolute Gasteiger partial charge is 0.478 e. The maximum absolute atomic E-state index is 13.3. The standard InChI is InChI=1S/C17H11BrF2N4O2.ClH/c18-12-8-21-17(23-10-3-1-9(2-4-10)16(25)26)24-15(12)22-11-5-6-13(19)14(20)7-11;/h1-8H,(H,25,26)(H2,21,22,23,24);1H. The van der Waals surface area contributed by atoms with E-state index in [0.29, 0.717) is 21.7 Å². The zero-order valence-electron chi connectivity index (χ0n) is 13.4. The van der Waals surface area contributed by atoms with Gasteiger partial charge in [0.25, 0.3) is 0 Å². The molecule has 0 saturated carbocycles. The smallest absolute Gasteiger partial charge is 0.335 e. The molecule has 0 amide bonds. The fraction of sp³-hybridized carbons (Fsp3) is 0. The molecule has 140 valence electrons. The first-order valence-electron chi connectivity index (χ1n) is 7.27. The molecule has 2 aromatic carbocycles. The van der Waals surface area contributed by atoms with E-state index in [0.717, 1.165) is 12.1 Å². The molecular weight excluding hydrogens is 446 g/mol. The van der Waals surface area contributed by atoms with Gasteiger partial charge < -0.3 is 15.7 Å². The van der Waals surface area contributed by atoms with E-state index in [1.165, 1.54) is 24.4 Å². The molecule has 1 aromatic heterocycles. The number of rotatable bonds is 5. The lowest BCUT2D eigenvalue weighted by atomic mass is 10.2. The quantitative estimate of drug-likeness (QED) is 0.493. The zero-order chi connectivity index (χ0) is 18.7. The Morgan fingerprint density at radius 1 is 1.00 bits per heavy atom. The summed E-state index contributed by atoms with van der Waals surface area (Å²) in [4.78, 5) is 19.2. The minimum absolute atomic E-state index is 0. The molecule has 0 unspecified atom stereocenters. The highest BCUT2D eigenvalue weighted by Crippen LogP contribution is 2.26. The van der Waals surface area contributed by atoms with Gasteiger partial charge in [0.15, 0.2) is 11.6 Å². The molecule has 0 bridgehead atoms. The first-order chi connectivity index (χ1) is 12.4. The van der Waals surface area contributed by atoms with E-state index in [9.17, 15) is 13.6 Å². The topological polar surface area (TPSA) is 87.1 Å². The van der Waals surface area contributed by atoms with Crippen molar-refractivity contribution in [1.82, 2.24) is 9.97 Å². The van der Waals surface area contributed by atoms with Crippen LogP contribution in [-0.2, 0) is 0 Å². The summed E-state index contributed by atoms with van der Waals surface area (Å²) in [7, 11) is 0. The number of hydrogen-bond donors (Lipinski definition) is 3. The summed E-state index contributed by atoms with van der Waals surface area (Å²) in [5.41, 5.74) is 1.07. The number of benzene rings is 2. The molecular formula is C17H12BrClF2N4O2. The number of halogens is 4. The van der Waals surface area contributed by atoms with Crippen LogP contribution in [0.15, 0.2) is 53.1 Å². The van der Waals surface area contributed by atoms with Crippen LogP contribution in [0.4, 0.5) is 31.9 Å². The fourth-order valence-corrected chi connectivity index (χ4v) is 2.34. The van der Waals surface area contributed by atoms with Crippen molar-refractivity contribution in [2.75, 3.05) is 10.6 Å². The van der Waals surface area contributed by atoms with Crippen LogP contribution in [0, 0.1) is 11.6 Å². The van der Waals surface area contributed by atoms with Crippen molar-refractivity contribution in [3.63, 3.8) is 0 Å². The maximum Gasteiger partial charge on any atom is 0.335 e. The molecule has 0 atom stereocenters. The molecule has 3 rings (SSSR count). The van der Waals surface area contributed by atoms with E-state index in [1.54, 1.807) is 12.1 Å². The van der Waals surface area contributed by atoms with Gasteiger partial charge in [0, 0.05) is 23.6 Å². The molecule has 3 aromatic rings. The third kappa shape index (κ3) is 5.11. The van der Waals surface area contributed by atoms with Gasteiger partial charge in [-0.05, 0) is 52.3 Å². The Bertz CT molecular complexity index is 974. The second-order valence-corrected chi connectivity index (χ2v) is 6.01. The van der Waals surface area contributed by atoms with E-state index in [-0.39, 0.29) is 23.9 Å². The average molecular weight is 458 g/mol. The summed E-state index contributed by atoms with van der Waals surface area (Å²) < 4.78 is 26.9. The zero-order valence-corrected chi connectivity index (χ0v) is 15.8. The number of carboxylic acids is 1. The molecule has 27 heavy (non-hydrogen) atoms. The van der Waals surface area contributed by atoms with Crippen LogP contribution in [0.5, 0.6) is 0 Å². The van der Waals surface area contributed by atoms with Gasteiger partial charge in [0.1, 0.15) is 5.82 Å². The third-order valence-corrected chi connectivity index (χ3v) is 3.89. The van der Waals surface area contributed by atoms with Crippen LogP contribution in [0.25, 0.3) is 0 Å². The molecule has 1 heterocycles. The van der Waals surface area contributed by atoms with Crippen molar-refractivity contribution < 1.29 is 18.7 Å². The molecule has 0 radical (unpaired) electrons. The molecule has 3 N–H and O–H groups in total. The van der Waals surface area contributed by atoms with Gasteiger partial charge in [0.05, 0.1) is 10.0 Å². The molecule has 0 saturated heterocycles. The van der Waals surface area contributed by atoms with Crippen molar-refractivity contribution in [2.24, 2.45) is 0 Å². The van der Waals surface area contributed by atoms with Crippen LogP contribution in [0.2, 0.25) is 0 Å². The Balaban J connectivity index is 0.00000261. The number of aromatic carboxylic acids is 1. The number of anilines is 4. The van der Waals surface area contributed by atoms with Crippen molar-refractivity contribution in [2.45, 2.75) is 0 Å². The SMILES string of the molecule is Cl.O=C(O)c1ccc(Nc2ncc(Br)c(Nc3ccc(F)c(F)c3)n2)cc1. The van der Waals surface area contributed by atoms with Crippen LogP contribution >= 0.6 is 28.3 Å². The lowest BCUT2D eigenvalue weighted by molar-refractivity contribution is 0.0697. The summed E-state index contributed by atoms with van der Waals surface area (Å²) >= 11 is 3.28. The predicted octanol–water partition coefficient (Wildman–Crippen LogP) is 5.12. The predicted molar refractivity (Wildman–Crippen MR) is 103 cm³/mol. The second kappa shape index (κ2) is 8.74. The molecule has 6 nitrogen and oxygen atoms in total. The summed E-state index contributed by atoms with van der Waals surface area (Å²) in [6.45, 7) is 0. The van der Waals surface area contributed by atoms with Gasteiger partial charge in [-0.3, -0.25) is 0 Å².